The molecule has 0 N–H and O–H groups in total. The Balaban J connectivity index is 1.59. The van der Waals surface area contributed by atoms with Crippen molar-refractivity contribution in [2.45, 2.75) is 52.1 Å². The number of nitrogens with zero attached hydrogens (tertiary/aromatic N) is 4. The van der Waals surface area contributed by atoms with Gasteiger partial charge in [0, 0.05) is 33.2 Å². The molecule has 0 unspecified atom stereocenters. The van der Waals surface area contributed by atoms with Gasteiger partial charge in [-0.1, -0.05) is 37.3 Å². The number of hydrogen-bond donors (Lipinski definition) is 0. The molecule has 4 rings (SSSR count). The van der Waals surface area contributed by atoms with Crippen LogP contribution in [0.3, 0.4) is 0 Å². The minimum atomic E-state index is -0.122. The Morgan fingerprint density at radius 2 is 1.83 bits per heavy atom. The first-order valence-electron chi connectivity index (χ1n) is 10.7. The molecule has 2 aromatic rings. The Labute approximate surface area is 172 Å². The van der Waals surface area contributed by atoms with E-state index in [2.05, 4.69) is 11.9 Å². The highest BCUT2D eigenvalue weighted by molar-refractivity contribution is 5.97. The predicted octanol–water partition coefficient (Wildman–Crippen LogP) is 3.36. The molecule has 2 aliphatic heterocycles. The second-order valence-electron chi connectivity index (χ2n) is 8.46. The molecule has 0 spiro atoms. The SMILES string of the molecule is CC1CCN(C(=O)c2nc(C(=O)N(C)Cc3ccccc3)n3c2CCCC3)CC1. The van der Waals surface area contributed by atoms with Crippen molar-refractivity contribution in [1.29, 1.82) is 0 Å². The lowest BCUT2D eigenvalue weighted by atomic mass is 9.98. The molecule has 3 heterocycles. The molecule has 0 radical (unpaired) electrons. The maximum absolute atomic E-state index is 13.2. The van der Waals surface area contributed by atoms with E-state index < -0.39 is 0 Å². The van der Waals surface area contributed by atoms with Crippen LogP contribution in [0.25, 0.3) is 0 Å². The number of fused-ring (bicyclic) bond motifs is 1. The van der Waals surface area contributed by atoms with Crippen LogP contribution in [0.5, 0.6) is 0 Å². The van der Waals surface area contributed by atoms with Gasteiger partial charge >= 0.3 is 0 Å². The van der Waals surface area contributed by atoms with Crippen molar-refractivity contribution in [1.82, 2.24) is 19.4 Å². The molecule has 6 nitrogen and oxygen atoms in total. The van der Waals surface area contributed by atoms with Crippen LogP contribution in [-0.4, -0.2) is 51.3 Å². The Bertz CT molecular complexity index is 882. The van der Waals surface area contributed by atoms with Crippen molar-refractivity contribution < 1.29 is 9.59 Å². The standard InChI is InChI=1S/C23H30N4O2/c1-17-11-14-26(15-12-17)22(28)20-19-10-6-7-13-27(19)21(24-20)23(29)25(2)16-18-8-4-3-5-9-18/h3-5,8-9,17H,6-7,10-16H2,1-2H3. The van der Waals surface area contributed by atoms with Crippen LogP contribution in [0.4, 0.5) is 0 Å². The first-order chi connectivity index (χ1) is 14.0. The van der Waals surface area contributed by atoms with Gasteiger partial charge in [0.25, 0.3) is 11.8 Å². The molecule has 1 aromatic heterocycles. The Kier molecular flexibility index (Phi) is 5.69. The van der Waals surface area contributed by atoms with Gasteiger partial charge in [0.2, 0.25) is 0 Å². The lowest BCUT2D eigenvalue weighted by Gasteiger charge is -2.30. The van der Waals surface area contributed by atoms with Crippen molar-refractivity contribution in [3.63, 3.8) is 0 Å². The molecule has 0 atom stereocenters. The molecule has 1 aromatic carbocycles. The van der Waals surface area contributed by atoms with Gasteiger partial charge in [-0.3, -0.25) is 9.59 Å². The summed E-state index contributed by atoms with van der Waals surface area (Å²) in [6.45, 7) is 5.08. The number of hydrogen-bond acceptors (Lipinski definition) is 3. The monoisotopic (exact) mass is 394 g/mol. The number of carbonyl (C=O) groups excluding carboxylic acids is 2. The van der Waals surface area contributed by atoms with E-state index in [9.17, 15) is 9.59 Å². The lowest BCUT2D eigenvalue weighted by Crippen LogP contribution is -2.38. The average molecular weight is 395 g/mol. The van der Waals surface area contributed by atoms with E-state index in [4.69, 9.17) is 0 Å². The number of benzene rings is 1. The third-order valence-electron chi connectivity index (χ3n) is 6.19. The van der Waals surface area contributed by atoms with Gasteiger partial charge < -0.3 is 14.4 Å². The van der Waals surface area contributed by atoms with Gasteiger partial charge in [-0.2, -0.15) is 0 Å². The van der Waals surface area contributed by atoms with E-state index in [0.717, 1.165) is 63.0 Å². The van der Waals surface area contributed by atoms with Crippen molar-refractivity contribution in [2.75, 3.05) is 20.1 Å². The third-order valence-corrected chi connectivity index (χ3v) is 6.19. The van der Waals surface area contributed by atoms with Crippen molar-refractivity contribution >= 4 is 11.8 Å². The van der Waals surface area contributed by atoms with E-state index in [0.29, 0.717) is 24.0 Å². The Morgan fingerprint density at radius 3 is 2.55 bits per heavy atom. The maximum Gasteiger partial charge on any atom is 0.289 e. The Hall–Kier alpha value is -2.63. The third kappa shape index (κ3) is 4.07. The van der Waals surface area contributed by atoms with Crippen molar-refractivity contribution in [3.05, 3.63) is 53.1 Å². The predicted molar refractivity (Wildman–Crippen MR) is 112 cm³/mol. The molecule has 0 saturated carbocycles. The fourth-order valence-electron chi connectivity index (χ4n) is 4.34. The molecular weight excluding hydrogens is 364 g/mol. The number of amides is 2. The number of rotatable bonds is 4. The van der Waals surface area contributed by atoms with E-state index in [1.165, 1.54) is 0 Å². The smallest absolute Gasteiger partial charge is 0.289 e. The molecule has 0 aliphatic carbocycles. The van der Waals surface area contributed by atoms with E-state index in [1.54, 1.807) is 11.9 Å². The summed E-state index contributed by atoms with van der Waals surface area (Å²) in [6, 6.07) is 9.94. The molecule has 29 heavy (non-hydrogen) atoms. The molecule has 154 valence electrons. The lowest BCUT2D eigenvalue weighted by molar-refractivity contribution is 0.0690. The number of piperidine rings is 1. The summed E-state index contributed by atoms with van der Waals surface area (Å²) >= 11 is 0. The molecule has 0 bridgehead atoms. The number of likely N-dealkylation sites (tertiary alicyclic amines) is 1. The fraction of sp³-hybridized carbons (Fsp3) is 0.522. The van der Waals surface area contributed by atoms with Gasteiger partial charge in [-0.15, -0.1) is 0 Å². The first-order valence-corrected chi connectivity index (χ1v) is 10.7. The molecule has 2 amide bonds. The van der Waals surface area contributed by atoms with Gasteiger partial charge in [0.15, 0.2) is 5.82 Å². The first kappa shape index (κ1) is 19.7. The van der Waals surface area contributed by atoms with E-state index in [1.807, 2.05) is 39.8 Å². The minimum Gasteiger partial charge on any atom is -0.337 e. The molecule has 6 heteroatoms. The summed E-state index contributed by atoms with van der Waals surface area (Å²) in [4.78, 5) is 34.6. The molecule has 1 fully saturated rings. The van der Waals surface area contributed by atoms with Gasteiger partial charge in [0.05, 0.1) is 5.69 Å². The van der Waals surface area contributed by atoms with E-state index in [-0.39, 0.29) is 11.8 Å². The van der Waals surface area contributed by atoms with Gasteiger partial charge in [0.1, 0.15) is 5.69 Å². The van der Waals surface area contributed by atoms with Crippen LogP contribution in [0.1, 0.15) is 65.0 Å². The zero-order valence-electron chi connectivity index (χ0n) is 17.4. The van der Waals surface area contributed by atoms with E-state index >= 15 is 0 Å². The second kappa shape index (κ2) is 8.39. The minimum absolute atomic E-state index is 0.00712. The topological polar surface area (TPSA) is 58.4 Å². The highest BCUT2D eigenvalue weighted by atomic mass is 16.2. The highest BCUT2D eigenvalue weighted by Crippen LogP contribution is 2.25. The summed E-state index contributed by atoms with van der Waals surface area (Å²) in [7, 11) is 1.80. The summed E-state index contributed by atoms with van der Waals surface area (Å²) in [5, 5.41) is 0. The maximum atomic E-state index is 13.2. The zero-order valence-corrected chi connectivity index (χ0v) is 17.4. The second-order valence-corrected chi connectivity index (χ2v) is 8.46. The quantitative estimate of drug-likeness (QED) is 0.799. The largest absolute Gasteiger partial charge is 0.337 e. The molecular formula is C23H30N4O2. The van der Waals surface area contributed by atoms with Crippen LogP contribution < -0.4 is 0 Å². The number of carbonyl (C=O) groups is 2. The normalized spacial score (nSPS) is 17.1. The summed E-state index contributed by atoms with van der Waals surface area (Å²) in [5.74, 6) is 0.946. The fourth-order valence-corrected chi connectivity index (χ4v) is 4.34. The molecule has 2 aliphatic rings. The van der Waals surface area contributed by atoms with Crippen LogP contribution in [0.2, 0.25) is 0 Å². The van der Waals surface area contributed by atoms with Crippen LogP contribution in [-0.2, 0) is 19.5 Å². The van der Waals surface area contributed by atoms with Gasteiger partial charge in [-0.05, 0) is 43.6 Å². The van der Waals surface area contributed by atoms with Gasteiger partial charge in [-0.25, -0.2) is 4.98 Å². The van der Waals surface area contributed by atoms with Crippen LogP contribution >= 0.6 is 0 Å². The van der Waals surface area contributed by atoms with Crippen LogP contribution in [0.15, 0.2) is 30.3 Å². The zero-order chi connectivity index (χ0) is 20.4. The Morgan fingerprint density at radius 1 is 1.10 bits per heavy atom. The molecule has 1 saturated heterocycles. The average Bonchev–Trinajstić information content (AvgIpc) is 3.13. The van der Waals surface area contributed by atoms with Crippen molar-refractivity contribution in [2.24, 2.45) is 5.92 Å². The summed E-state index contributed by atoms with van der Waals surface area (Å²) in [5.41, 5.74) is 2.51. The highest BCUT2D eigenvalue weighted by Gasteiger charge is 2.32. The summed E-state index contributed by atoms with van der Waals surface area (Å²) in [6.07, 6.45) is 4.94. The van der Waals surface area contributed by atoms with Crippen molar-refractivity contribution in [3.8, 4) is 0 Å². The number of aromatic nitrogens is 2. The number of imidazole rings is 1. The summed E-state index contributed by atoms with van der Waals surface area (Å²) < 4.78 is 1.99. The van der Waals surface area contributed by atoms with Crippen LogP contribution in [0, 0.1) is 5.92 Å².